The highest BCUT2D eigenvalue weighted by Gasteiger charge is 2.25. The van der Waals surface area contributed by atoms with Gasteiger partial charge in [0.25, 0.3) is 0 Å². The fourth-order valence-electron chi connectivity index (χ4n) is 3.66. The molecule has 3 aromatic rings. The number of urea groups is 1. The Morgan fingerprint density at radius 3 is 2.33 bits per heavy atom. The fourth-order valence-corrected chi connectivity index (χ4v) is 4.70. The van der Waals surface area contributed by atoms with Gasteiger partial charge in [-0.3, -0.25) is 19.0 Å². The van der Waals surface area contributed by atoms with Gasteiger partial charge < -0.3 is 20.4 Å². The summed E-state index contributed by atoms with van der Waals surface area (Å²) in [6.07, 6.45) is 0. The van der Waals surface area contributed by atoms with Crippen molar-refractivity contribution in [3.05, 3.63) is 57.2 Å². The number of carbonyl (C=O) groups excluding carboxylic acids is 3. The monoisotopic (exact) mass is 487 g/mol. The Labute approximate surface area is 198 Å². The normalized spacial score (nSPS) is 13.8. The molecule has 9 nitrogen and oxygen atoms in total. The third kappa shape index (κ3) is 5.35. The number of amides is 4. The zero-order chi connectivity index (χ0) is 23.5. The number of halogens is 1. The summed E-state index contributed by atoms with van der Waals surface area (Å²) in [5, 5.41) is 5.99. The van der Waals surface area contributed by atoms with E-state index in [-0.39, 0.29) is 29.3 Å². The van der Waals surface area contributed by atoms with Crippen LogP contribution in [0.1, 0.15) is 6.92 Å². The quantitative estimate of drug-likeness (QED) is 0.590. The first-order valence-corrected chi connectivity index (χ1v) is 11.5. The van der Waals surface area contributed by atoms with Gasteiger partial charge in [-0.2, -0.15) is 0 Å². The van der Waals surface area contributed by atoms with Gasteiger partial charge in [0.15, 0.2) is 0 Å². The highest BCUT2D eigenvalue weighted by Crippen LogP contribution is 2.22. The van der Waals surface area contributed by atoms with E-state index < -0.39 is 0 Å². The lowest BCUT2D eigenvalue weighted by Crippen LogP contribution is -2.52. The standard InChI is InChI=1S/C22H22ClN5O4S/c1-14(29)24-16-3-2-4-17(12-16)25-21(31)27-9-7-26(8-10-27)20(30)13-28-18-11-15(23)5-6-19(18)33-22(28)32/h2-6,11-12H,7-10,13H2,1H3,(H,24,29)(H,25,31). The molecule has 172 valence electrons. The fraction of sp³-hybridized carbons (Fsp3) is 0.273. The minimum Gasteiger partial charge on any atom is -0.338 e. The number of hydrogen-bond acceptors (Lipinski definition) is 5. The number of anilines is 2. The average Bonchev–Trinajstić information content (AvgIpc) is 3.08. The van der Waals surface area contributed by atoms with Crippen LogP contribution in [-0.4, -0.2) is 58.4 Å². The zero-order valence-corrected chi connectivity index (χ0v) is 19.4. The van der Waals surface area contributed by atoms with Crippen molar-refractivity contribution in [3.63, 3.8) is 0 Å². The number of rotatable bonds is 4. The van der Waals surface area contributed by atoms with Gasteiger partial charge in [0, 0.05) is 49.5 Å². The predicted octanol–water partition coefficient (Wildman–Crippen LogP) is 3.05. The van der Waals surface area contributed by atoms with Crippen molar-refractivity contribution >= 4 is 62.4 Å². The number of nitrogens with one attached hydrogen (secondary N) is 2. The first-order valence-electron chi connectivity index (χ1n) is 10.3. The van der Waals surface area contributed by atoms with Gasteiger partial charge in [-0.05, 0) is 36.4 Å². The number of nitrogens with zero attached hydrogens (tertiary/aromatic N) is 3. The molecule has 1 fully saturated rings. The second-order valence-corrected chi connectivity index (χ2v) is 9.06. The van der Waals surface area contributed by atoms with Crippen LogP contribution in [0.15, 0.2) is 47.3 Å². The van der Waals surface area contributed by atoms with E-state index in [1.54, 1.807) is 52.3 Å². The molecular weight excluding hydrogens is 466 g/mol. The third-order valence-electron chi connectivity index (χ3n) is 5.28. The van der Waals surface area contributed by atoms with Crippen LogP contribution in [-0.2, 0) is 16.1 Å². The SMILES string of the molecule is CC(=O)Nc1cccc(NC(=O)N2CCN(C(=O)Cn3c(=O)sc4ccc(Cl)cc43)CC2)c1. The van der Waals surface area contributed by atoms with Gasteiger partial charge in [0.05, 0.1) is 10.2 Å². The molecule has 0 atom stereocenters. The Morgan fingerprint density at radius 2 is 1.64 bits per heavy atom. The van der Waals surface area contributed by atoms with Crippen LogP contribution in [0.2, 0.25) is 5.02 Å². The highest BCUT2D eigenvalue weighted by molar-refractivity contribution is 7.16. The summed E-state index contributed by atoms with van der Waals surface area (Å²) in [7, 11) is 0. The Hall–Kier alpha value is -3.37. The van der Waals surface area contributed by atoms with Crippen molar-refractivity contribution in [1.29, 1.82) is 0 Å². The average molecular weight is 488 g/mol. The number of piperazine rings is 1. The van der Waals surface area contributed by atoms with Crippen LogP contribution < -0.4 is 15.5 Å². The van der Waals surface area contributed by atoms with Gasteiger partial charge >= 0.3 is 10.9 Å². The Bertz CT molecular complexity index is 1280. The Morgan fingerprint density at radius 1 is 0.970 bits per heavy atom. The van der Waals surface area contributed by atoms with Crippen molar-refractivity contribution in [2.45, 2.75) is 13.5 Å². The van der Waals surface area contributed by atoms with E-state index in [2.05, 4.69) is 10.6 Å². The van der Waals surface area contributed by atoms with Crippen molar-refractivity contribution < 1.29 is 14.4 Å². The summed E-state index contributed by atoms with van der Waals surface area (Å²) in [5.41, 5.74) is 1.80. The maximum absolute atomic E-state index is 12.8. The summed E-state index contributed by atoms with van der Waals surface area (Å²) >= 11 is 7.13. The molecule has 0 saturated carbocycles. The summed E-state index contributed by atoms with van der Waals surface area (Å²) in [6.45, 7) is 2.83. The molecule has 0 bridgehead atoms. The van der Waals surface area contributed by atoms with Gasteiger partial charge in [-0.15, -0.1) is 0 Å². The summed E-state index contributed by atoms with van der Waals surface area (Å²) in [4.78, 5) is 52.1. The van der Waals surface area contributed by atoms with Crippen molar-refractivity contribution in [3.8, 4) is 0 Å². The molecule has 2 N–H and O–H groups in total. The lowest BCUT2D eigenvalue weighted by Gasteiger charge is -2.34. The summed E-state index contributed by atoms with van der Waals surface area (Å²) in [6, 6.07) is 11.8. The minimum absolute atomic E-state index is 0.0681. The largest absolute Gasteiger partial charge is 0.338 e. The molecule has 2 aromatic carbocycles. The third-order valence-corrected chi connectivity index (χ3v) is 6.47. The van der Waals surface area contributed by atoms with Crippen LogP contribution in [0, 0.1) is 0 Å². The predicted molar refractivity (Wildman–Crippen MR) is 129 cm³/mol. The molecular formula is C22H22ClN5O4S. The van der Waals surface area contributed by atoms with Crippen LogP contribution in [0.5, 0.6) is 0 Å². The van der Waals surface area contributed by atoms with Crippen molar-refractivity contribution in [2.24, 2.45) is 0 Å². The van der Waals surface area contributed by atoms with Gasteiger partial charge in [0.2, 0.25) is 11.8 Å². The summed E-state index contributed by atoms with van der Waals surface area (Å²) in [5.74, 6) is -0.375. The summed E-state index contributed by atoms with van der Waals surface area (Å²) < 4.78 is 2.22. The molecule has 1 saturated heterocycles. The number of fused-ring (bicyclic) bond motifs is 1. The molecule has 33 heavy (non-hydrogen) atoms. The second kappa shape index (κ2) is 9.63. The second-order valence-electron chi connectivity index (χ2n) is 7.63. The van der Waals surface area contributed by atoms with Gasteiger partial charge in [-0.25, -0.2) is 4.79 Å². The molecule has 1 aromatic heterocycles. The lowest BCUT2D eigenvalue weighted by atomic mass is 10.2. The van der Waals surface area contributed by atoms with E-state index in [1.807, 2.05) is 0 Å². The molecule has 4 amide bonds. The molecule has 0 radical (unpaired) electrons. The molecule has 0 spiro atoms. The zero-order valence-electron chi connectivity index (χ0n) is 17.8. The van der Waals surface area contributed by atoms with Crippen LogP contribution in [0.25, 0.3) is 10.2 Å². The molecule has 4 rings (SSSR count). The number of benzene rings is 2. The Kier molecular flexibility index (Phi) is 6.66. The van der Waals surface area contributed by atoms with E-state index in [0.717, 1.165) is 16.0 Å². The van der Waals surface area contributed by atoms with Crippen LogP contribution in [0.4, 0.5) is 16.2 Å². The van der Waals surface area contributed by atoms with Gasteiger partial charge in [-0.1, -0.05) is 29.0 Å². The first-order chi connectivity index (χ1) is 15.8. The lowest BCUT2D eigenvalue weighted by molar-refractivity contribution is -0.133. The van der Waals surface area contributed by atoms with E-state index in [9.17, 15) is 19.2 Å². The highest BCUT2D eigenvalue weighted by atomic mass is 35.5. The number of hydrogen-bond donors (Lipinski definition) is 2. The van der Waals surface area contributed by atoms with E-state index in [1.165, 1.54) is 11.5 Å². The number of aromatic nitrogens is 1. The molecule has 0 aliphatic carbocycles. The number of thiazole rings is 1. The maximum Gasteiger partial charge on any atom is 0.321 e. The minimum atomic E-state index is -0.281. The maximum atomic E-state index is 12.8. The Balaban J connectivity index is 1.34. The van der Waals surface area contributed by atoms with Crippen molar-refractivity contribution in [2.75, 3.05) is 36.8 Å². The van der Waals surface area contributed by atoms with Crippen LogP contribution in [0.3, 0.4) is 0 Å². The van der Waals surface area contributed by atoms with Crippen molar-refractivity contribution in [1.82, 2.24) is 14.4 Å². The number of carbonyl (C=O) groups is 3. The molecule has 11 heteroatoms. The molecule has 2 heterocycles. The molecule has 1 aliphatic heterocycles. The van der Waals surface area contributed by atoms with Gasteiger partial charge in [0.1, 0.15) is 6.54 Å². The molecule has 1 aliphatic rings. The first kappa shape index (κ1) is 22.8. The van der Waals surface area contributed by atoms with E-state index in [4.69, 9.17) is 11.6 Å². The van der Waals surface area contributed by atoms with E-state index in [0.29, 0.717) is 48.1 Å². The van der Waals surface area contributed by atoms with E-state index >= 15 is 0 Å². The smallest absolute Gasteiger partial charge is 0.321 e. The topological polar surface area (TPSA) is 104 Å². The van der Waals surface area contributed by atoms with Crippen LogP contribution >= 0.6 is 22.9 Å². The molecule has 0 unspecified atom stereocenters.